The molecule has 4 nitrogen and oxygen atoms in total. The van der Waals surface area contributed by atoms with Crippen molar-refractivity contribution in [3.05, 3.63) is 65.2 Å². The Morgan fingerprint density at radius 3 is 2.46 bits per heavy atom. The van der Waals surface area contributed by atoms with Gasteiger partial charge in [0.05, 0.1) is 11.7 Å². The van der Waals surface area contributed by atoms with E-state index >= 15 is 0 Å². The van der Waals surface area contributed by atoms with Crippen molar-refractivity contribution in [2.24, 2.45) is 0 Å². The van der Waals surface area contributed by atoms with Crippen LogP contribution in [0.1, 0.15) is 28.9 Å². The summed E-state index contributed by atoms with van der Waals surface area (Å²) >= 11 is 0. The fourth-order valence-electron chi connectivity index (χ4n) is 3.09. The van der Waals surface area contributed by atoms with E-state index in [1.54, 1.807) is 31.2 Å². The molecule has 1 saturated heterocycles. The minimum atomic E-state index is -0.402. The van der Waals surface area contributed by atoms with E-state index in [9.17, 15) is 13.6 Å². The van der Waals surface area contributed by atoms with Gasteiger partial charge in [-0.05, 0) is 49.9 Å². The van der Waals surface area contributed by atoms with E-state index in [0.717, 1.165) is 26.2 Å². The van der Waals surface area contributed by atoms with Crippen molar-refractivity contribution in [2.75, 3.05) is 38.1 Å². The molecule has 1 fully saturated rings. The number of halogens is 2. The van der Waals surface area contributed by atoms with Crippen molar-refractivity contribution in [2.45, 2.75) is 13.0 Å². The Morgan fingerprint density at radius 1 is 1.08 bits per heavy atom. The number of anilines is 1. The van der Waals surface area contributed by atoms with Gasteiger partial charge in [0.2, 0.25) is 0 Å². The molecular formula is C20H23F2N3O. The molecule has 6 heteroatoms. The van der Waals surface area contributed by atoms with Gasteiger partial charge in [-0.25, -0.2) is 8.78 Å². The van der Waals surface area contributed by atoms with Gasteiger partial charge in [-0.3, -0.25) is 4.79 Å². The topological polar surface area (TPSA) is 35.6 Å². The lowest BCUT2D eigenvalue weighted by Gasteiger charge is -2.34. The minimum absolute atomic E-state index is 0.253. The zero-order valence-corrected chi connectivity index (χ0v) is 15.0. The second kappa shape index (κ2) is 7.83. The molecule has 0 saturated carbocycles. The second-order valence-electron chi connectivity index (χ2n) is 6.71. The molecule has 2 aromatic carbocycles. The van der Waals surface area contributed by atoms with Crippen molar-refractivity contribution >= 4 is 11.6 Å². The van der Waals surface area contributed by atoms with E-state index in [-0.39, 0.29) is 23.3 Å². The molecule has 1 aliphatic heterocycles. The van der Waals surface area contributed by atoms with Gasteiger partial charge < -0.3 is 15.1 Å². The van der Waals surface area contributed by atoms with Crippen LogP contribution in [0.25, 0.3) is 0 Å². The zero-order valence-electron chi connectivity index (χ0n) is 15.0. The highest BCUT2D eigenvalue weighted by molar-refractivity contribution is 5.94. The van der Waals surface area contributed by atoms with Crippen molar-refractivity contribution in [3.63, 3.8) is 0 Å². The molecule has 3 rings (SSSR count). The first kappa shape index (κ1) is 18.3. The molecule has 0 bridgehead atoms. The molecule has 138 valence electrons. The molecule has 1 N–H and O–H groups in total. The summed E-state index contributed by atoms with van der Waals surface area (Å²) in [5, 5.41) is 2.78. The highest BCUT2D eigenvalue weighted by Gasteiger charge is 2.19. The number of hydrogen-bond donors (Lipinski definition) is 1. The first-order valence-electron chi connectivity index (χ1n) is 8.73. The van der Waals surface area contributed by atoms with Gasteiger partial charge in [0, 0.05) is 31.7 Å². The quantitative estimate of drug-likeness (QED) is 0.911. The average Bonchev–Trinajstić information content (AvgIpc) is 2.62. The van der Waals surface area contributed by atoms with Crippen LogP contribution in [0, 0.1) is 11.6 Å². The zero-order chi connectivity index (χ0) is 18.7. The van der Waals surface area contributed by atoms with Crippen LogP contribution in [0.5, 0.6) is 0 Å². The lowest BCUT2D eigenvalue weighted by atomic mass is 10.1. The van der Waals surface area contributed by atoms with Gasteiger partial charge in [0.25, 0.3) is 5.91 Å². The normalized spacial score (nSPS) is 16.4. The predicted molar refractivity (Wildman–Crippen MR) is 98.4 cm³/mol. The SMILES string of the molecule is CC(NC(=O)c1ccc(N2CCN(C)CC2)c(F)c1)c1cccc(F)c1. The smallest absolute Gasteiger partial charge is 0.251 e. The number of hydrogen-bond acceptors (Lipinski definition) is 3. The second-order valence-corrected chi connectivity index (χ2v) is 6.71. The summed E-state index contributed by atoms with van der Waals surface area (Å²) in [4.78, 5) is 16.6. The molecule has 1 heterocycles. The van der Waals surface area contributed by atoms with Gasteiger partial charge in [-0.1, -0.05) is 12.1 Å². The molecule has 1 amide bonds. The molecule has 0 aliphatic carbocycles. The van der Waals surface area contributed by atoms with E-state index < -0.39 is 5.82 Å². The van der Waals surface area contributed by atoms with E-state index in [4.69, 9.17) is 0 Å². The Hall–Kier alpha value is -2.47. The van der Waals surface area contributed by atoms with Crippen LogP contribution in [0.4, 0.5) is 14.5 Å². The van der Waals surface area contributed by atoms with Crippen LogP contribution in [-0.4, -0.2) is 44.0 Å². The number of rotatable bonds is 4. The molecule has 0 spiro atoms. The summed E-state index contributed by atoms with van der Waals surface area (Å²) in [6, 6.07) is 10.2. The van der Waals surface area contributed by atoms with E-state index in [1.807, 2.05) is 11.9 Å². The molecule has 0 aromatic heterocycles. The van der Waals surface area contributed by atoms with Crippen LogP contribution in [-0.2, 0) is 0 Å². The van der Waals surface area contributed by atoms with Gasteiger partial charge in [0.15, 0.2) is 0 Å². The van der Waals surface area contributed by atoms with Crippen LogP contribution in [0.3, 0.4) is 0 Å². The van der Waals surface area contributed by atoms with Crippen molar-refractivity contribution in [1.29, 1.82) is 0 Å². The summed E-state index contributed by atoms with van der Waals surface area (Å²) in [5.41, 5.74) is 1.43. The fourth-order valence-corrected chi connectivity index (χ4v) is 3.09. The standard InChI is InChI=1S/C20H23F2N3O/c1-14(15-4-3-5-17(21)12-15)23-20(26)16-6-7-19(18(22)13-16)25-10-8-24(2)9-11-25/h3-7,12-14H,8-11H2,1-2H3,(H,23,26). The van der Waals surface area contributed by atoms with Crippen LogP contribution in [0.15, 0.2) is 42.5 Å². The van der Waals surface area contributed by atoms with Gasteiger partial charge in [-0.15, -0.1) is 0 Å². The Kier molecular flexibility index (Phi) is 5.52. The molecule has 26 heavy (non-hydrogen) atoms. The summed E-state index contributed by atoms with van der Waals surface area (Å²) in [5.74, 6) is -1.14. The molecule has 1 aliphatic rings. The predicted octanol–water partition coefficient (Wildman–Crippen LogP) is 3.21. The summed E-state index contributed by atoms with van der Waals surface area (Å²) in [6.45, 7) is 5.05. The largest absolute Gasteiger partial charge is 0.367 e. The first-order valence-corrected chi connectivity index (χ1v) is 8.73. The van der Waals surface area contributed by atoms with Crippen LogP contribution >= 0.6 is 0 Å². The van der Waals surface area contributed by atoms with Gasteiger partial charge in [-0.2, -0.15) is 0 Å². The number of amides is 1. The number of nitrogens with zero attached hydrogens (tertiary/aromatic N) is 2. The maximum atomic E-state index is 14.5. The minimum Gasteiger partial charge on any atom is -0.367 e. The first-order chi connectivity index (χ1) is 12.4. The highest BCUT2D eigenvalue weighted by atomic mass is 19.1. The maximum Gasteiger partial charge on any atom is 0.251 e. The monoisotopic (exact) mass is 359 g/mol. The van der Waals surface area contributed by atoms with Gasteiger partial charge >= 0.3 is 0 Å². The summed E-state index contributed by atoms with van der Waals surface area (Å²) in [7, 11) is 2.04. The third kappa shape index (κ3) is 4.19. The lowest BCUT2D eigenvalue weighted by Crippen LogP contribution is -2.44. The van der Waals surface area contributed by atoms with Crippen molar-refractivity contribution < 1.29 is 13.6 Å². The van der Waals surface area contributed by atoms with E-state index in [0.29, 0.717) is 11.3 Å². The Bertz CT molecular complexity index is 788. The summed E-state index contributed by atoms with van der Waals surface area (Å²) < 4.78 is 27.8. The third-order valence-electron chi connectivity index (χ3n) is 4.75. The highest BCUT2D eigenvalue weighted by Crippen LogP contribution is 2.22. The third-order valence-corrected chi connectivity index (χ3v) is 4.75. The molecule has 1 atom stereocenters. The number of likely N-dealkylation sites (N-methyl/N-ethyl adjacent to an activating group) is 1. The van der Waals surface area contributed by atoms with E-state index in [1.165, 1.54) is 18.2 Å². The molecule has 2 aromatic rings. The number of nitrogens with one attached hydrogen (secondary N) is 1. The summed E-state index contributed by atoms with van der Waals surface area (Å²) in [6.07, 6.45) is 0. The van der Waals surface area contributed by atoms with Crippen LogP contribution < -0.4 is 10.2 Å². The fraction of sp³-hybridized carbons (Fsp3) is 0.350. The Morgan fingerprint density at radius 2 is 1.81 bits per heavy atom. The molecule has 0 radical (unpaired) electrons. The Balaban J connectivity index is 1.69. The lowest BCUT2D eigenvalue weighted by molar-refractivity contribution is 0.0939. The average molecular weight is 359 g/mol. The van der Waals surface area contributed by atoms with Crippen molar-refractivity contribution in [1.82, 2.24) is 10.2 Å². The number of carbonyl (C=O) groups excluding carboxylic acids is 1. The number of piperazine rings is 1. The number of benzene rings is 2. The van der Waals surface area contributed by atoms with Gasteiger partial charge in [0.1, 0.15) is 11.6 Å². The van der Waals surface area contributed by atoms with Crippen molar-refractivity contribution in [3.8, 4) is 0 Å². The Labute approximate surface area is 152 Å². The van der Waals surface area contributed by atoms with Crippen LogP contribution in [0.2, 0.25) is 0 Å². The maximum absolute atomic E-state index is 14.5. The van der Waals surface area contributed by atoms with E-state index in [2.05, 4.69) is 10.2 Å². The number of carbonyl (C=O) groups is 1. The molecular weight excluding hydrogens is 336 g/mol. The molecule has 1 unspecified atom stereocenters.